The third-order valence-corrected chi connectivity index (χ3v) is 5.78. The van der Waals surface area contributed by atoms with Crippen molar-refractivity contribution in [1.82, 2.24) is 25.1 Å². The van der Waals surface area contributed by atoms with Crippen LogP contribution in [0.4, 0.5) is 0 Å². The number of nitrogens with zero attached hydrogens (tertiary/aromatic N) is 4. The number of aliphatic imine (C=N–C) groups is 1. The third kappa shape index (κ3) is 6.59. The summed E-state index contributed by atoms with van der Waals surface area (Å²) in [7, 11) is 1.81. The molecule has 4 rings (SSSR count). The van der Waals surface area contributed by atoms with Crippen molar-refractivity contribution in [1.29, 1.82) is 0 Å². The molecule has 0 amide bonds. The van der Waals surface area contributed by atoms with Crippen LogP contribution in [0.2, 0.25) is 0 Å². The van der Waals surface area contributed by atoms with E-state index in [1.54, 1.807) is 6.26 Å². The maximum atomic E-state index is 5.71. The standard InChI is InChI=1S/C24H32N6O.HI/c1-25-24(28-18-21(22-10-7-17-31-22)29-14-5-6-15-29)27-12-11-23-26-13-16-30(23)19-20-8-3-2-4-9-20;/h2-4,7-10,13,16-17,21H,5-6,11-12,14-15,18-19H2,1H3,(H2,25,27,28);1H. The molecule has 1 aliphatic rings. The minimum atomic E-state index is 0. The van der Waals surface area contributed by atoms with Gasteiger partial charge < -0.3 is 19.6 Å². The lowest BCUT2D eigenvalue weighted by atomic mass is 10.2. The number of hydrogen-bond acceptors (Lipinski definition) is 4. The van der Waals surface area contributed by atoms with Crippen molar-refractivity contribution in [3.8, 4) is 0 Å². The highest BCUT2D eigenvalue weighted by atomic mass is 127. The van der Waals surface area contributed by atoms with Crippen molar-refractivity contribution in [3.05, 3.63) is 78.3 Å². The van der Waals surface area contributed by atoms with Gasteiger partial charge in [-0.3, -0.25) is 9.89 Å². The average Bonchev–Trinajstić information content (AvgIpc) is 3.58. The Morgan fingerprint density at radius 2 is 1.94 bits per heavy atom. The number of halogens is 1. The first-order valence-corrected chi connectivity index (χ1v) is 11.1. The molecule has 32 heavy (non-hydrogen) atoms. The zero-order valence-corrected chi connectivity index (χ0v) is 20.9. The zero-order chi connectivity index (χ0) is 21.3. The molecule has 1 aliphatic heterocycles. The number of guanidine groups is 1. The van der Waals surface area contributed by atoms with Crippen LogP contribution in [0.1, 0.15) is 36.0 Å². The van der Waals surface area contributed by atoms with E-state index >= 15 is 0 Å². The predicted molar refractivity (Wildman–Crippen MR) is 139 cm³/mol. The van der Waals surface area contributed by atoms with Crippen molar-refractivity contribution in [3.63, 3.8) is 0 Å². The lowest BCUT2D eigenvalue weighted by Crippen LogP contribution is -2.43. The van der Waals surface area contributed by atoms with E-state index in [4.69, 9.17) is 4.42 Å². The number of benzene rings is 1. The monoisotopic (exact) mass is 548 g/mol. The number of aromatic nitrogens is 2. The number of imidazole rings is 1. The second kappa shape index (κ2) is 12.6. The van der Waals surface area contributed by atoms with Gasteiger partial charge in [-0.25, -0.2) is 4.98 Å². The van der Waals surface area contributed by atoms with Gasteiger partial charge in [-0.1, -0.05) is 30.3 Å². The van der Waals surface area contributed by atoms with Crippen LogP contribution in [0, 0.1) is 0 Å². The molecule has 172 valence electrons. The summed E-state index contributed by atoms with van der Waals surface area (Å²) in [5, 5.41) is 6.91. The summed E-state index contributed by atoms with van der Waals surface area (Å²) in [5.74, 6) is 2.88. The molecule has 2 aromatic heterocycles. The van der Waals surface area contributed by atoms with Gasteiger partial charge >= 0.3 is 0 Å². The van der Waals surface area contributed by atoms with Crippen LogP contribution < -0.4 is 10.6 Å². The minimum absolute atomic E-state index is 0. The molecule has 3 heterocycles. The van der Waals surface area contributed by atoms with Crippen molar-refractivity contribution in [2.75, 3.05) is 33.2 Å². The summed E-state index contributed by atoms with van der Waals surface area (Å²) in [5.41, 5.74) is 1.28. The molecule has 8 heteroatoms. The molecule has 2 N–H and O–H groups in total. The van der Waals surface area contributed by atoms with E-state index in [2.05, 4.69) is 60.4 Å². The Morgan fingerprint density at radius 1 is 1.12 bits per heavy atom. The maximum absolute atomic E-state index is 5.71. The number of furan rings is 1. The normalized spacial score (nSPS) is 15.3. The number of rotatable bonds is 9. The lowest BCUT2D eigenvalue weighted by Gasteiger charge is -2.26. The van der Waals surface area contributed by atoms with Gasteiger partial charge in [0.15, 0.2) is 5.96 Å². The molecule has 3 aromatic rings. The summed E-state index contributed by atoms with van der Waals surface area (Å²) in [6.07, 6.45) is 8.99. The summed E-state index contributed by atoms with van der Waals surface area (Å²) in [4.78, 5) is 11.4. The summed E-state index contributed by atoms with van der Waals surface area (Å²) >= 11 is 0. The minimum Gasteiger partial charge on any atom is -0.468 e. The Kier molecular flexibility index (Phi) is 9.61. The summed E-state index contributed by atoms with van der Waals surface area (Å²) in [6, 6.07) is 14.7. The maximum Gasteiger partial charge on any atom is 0.191 e. The first-order valence-electron chi connectivity index (χ1n) is 11.1. The summed E-state index contributed by atoms with van der Waals surface area (Å²) in [6.45, 7) is 4.59. The van der Waals surface area contributed by atoms with Gasteiger partial charge in [0.1, 0.15) is 11.6 Å². The average molecular weight is 548 g/mol. The van der Waals surface area contributed by atoms with Crippen molar-refractivity contribution < 1.29 is 4.42 Å². The van der Waals surface area contributed by atoms with Crippen molar-refractivity contribution >= 4 is 29.9 Å². The molecule has 0 bridgehead atoms. The third-order valence-electron chi connectivity index (χ3n) is 5.78. The molecule has 0 spiro atoms. The van der Waals surface area contributed by atoms with Crippen LogP contribution in [0.25, 0.3) is 0 Å². The number of nitrogens with one attached hydrogen (secondary N) is 2. The predicted octanol–water partition coefficient (Wildman–Crippen LogP) is 3.69. The quantitative estimate of drug-likeness (QED) is 0.243. The molecular formula is C24H33IN6O. The van der Waals surface area contributed by atoms with Gasteiger partial charge in [0, 0.05) is 45.5 Å². The molecule has 0 aliphatic carbocycles. The van der Waals surface area contributed by atoms with E-state index < -0.39 is 0 Å². The highest BCUT2D eigenvalue weighted by Crippen LogP contribution is 2.24. The van der Waals surface area contributed by atoms with Gasteiger partial charge in [0.2, 0.25) is 0 Å². The fraction of sp³-hybridized carbons (Fsp3) is 0.417. The zero-order valence-electron chi connectivity index (χ0n) is 18.6. The second-order valence-electron chi connectivity index (χ2n) is 7.86. The molecule has 1 unspecified atom stereocenters. The summed E-state index contributed by atoms with van der Waals surface area (Å²) < 4.78 is 7.92. The van der Waals surface area contributed by atoms with E-state index in [0.29, 0.717) is 0 Å². The van der Waals surface area contributed by atoms with Gasteiger partial charge in [-0.2, -0.15) is 0 Å². The second-order valence-corrected chi connectivity index (χ2v) is 7.86. The van der Waals surface area contributed by atoms with Crippen LogP contribution in [0.15, 0.2) is 70.5 Å². The van der Waals surface area contributed by atoms with Gasteiger partial charge in [-0.15, -0.1) is 24.0 Å². The van der Waals surface area contributed by atoms with Crippen LogP contribution in [-0.2, 0) is 13.0 Å². The van der Waals surface area contributed by atoms with Gasteiger partial charge in [0.05, 0.1) is 12.3 Å². The number of likely N-dealkylation sites (tertiary alicyclic amines) is 1. The van der Waals surface area contributed by atoms with Crippen LogP contribution >= 0.6 is 24.0 Å². The Morgan fingerprint density at radius 3 is 2.66 bits per heavy atom. The number of hydrogen-bond donors (Lipinski definition) is 2. The SMILES string of the molecule is CN=C(NCCc1nccn1Cc1ccccc1)NCC(c1ccco1)N1CCCC1.I. The highest BCUT2D eigenvalue weighted by molar-refractivity contribution is 14.0. The van der Waals surface area contributed by atoms with Crippen LogP contribution in [0.5, 0.6) is 0 Å². The topological polar surface area (TPSA) is 70.6 Å². The van der Waals surface area contributed by atoms with Crippen LogP contribution in [-0.4, -0.2) is 53.6 Å². The molecular weight excluding hydrogens is 515 g/mol. The first-order chi connectivity index (χ1) is 15.3. The molecule has 1 aromatic carbocycles. The fourth-order valence-corrected chi connectivity index (χ4v) is 4.14. The molecule has 1 saturated heterocycles. The van der Waals surface area contributed by atoms with E-state index in [9.17, 15) is 0 Å². The molecule has 1 fully saturated rings. The molecule has 7 nitrogen and oxygen atoms in total. The van der Waals surface area contributed by atoms with E-state index in [1.807, 2.05) is 31.6 Å². The Balaban J connectivity index is 0.00000289. The Bertz CT molecular complexity index is 935. The smallest absolute Gasteiger partial charge is 0.191 e. The molecule has 0 radical (unpaired) electrons. The highest BCUT2D eigenvalue weighted by Gasteiger charge is 2.25. The van der Waals surface area contributed by atoms with E-state index in [0.717, 1.165) is 56.7 Å². The largest absolute Gasteiger partial charge is 0.468 e. The van der Waals surface area contributed by atoms with Crippen molar-refractivity contribution in [2.24, 2.45) is 4.99 Å². The van der Waals surface area contributed by atoms with Crippen LogP contribution in [0.3, 0.4) is 0 Å². The Labute approximate surface area is 207 Å². The Hall–Kier alpha value is -2.33. The van der Waals surface area contributed by atoms with Crippen molar-refractivity contribution in [2.45, 2.75) is 31.8 Å². The first kappa shape index (κ1) is 24.3. The fourth-order valence-electron chi connectivity index (χ4n) is 4.14. The van der Waals surface area contributed by atoms with E-state index in [-0.39, 0.29) is 30.0 Å². The van der Waals surface area contributed by atoms with Gasteiger partial charge in [-0.05, 0) is 43.6 Å². The van der Waals surface area contributed by atoms with E-state index in [1.165, 1.54) is 18.4 Å². The van der Waals surface area contributed by atoms with Gasteiger partial charge in [0.25, 0.3) is 0 Å². The molecule has 0 saturated carbocycles. The molecule has 1 atom stereocenters. The lowest BCUT2D eigenvalue weighted by molar-refractivity contribution is 0.215.